The molecule has 1 saturated heterocycles. The van der Waals surface area contributed by atoms with Gasteiger partial charge >= 0.3 is 0 Å². The van der Waals surface area contributed by atoms with Crippen LogP contribution in [0.3, 0.4) is 0 Å². The molecule has 3 aliphatic rings. The van der Waals surface area contributed by atoms with Crippen molar-refractivity contribution in [3.05, 3.63) is 50.2 Å². The predicted octanol–water partition coefficient (Wildman–Crippen LogP) is 3.73. The van der Waals surface area contributed by atoms with Crippen molar-refractivity contribution in [1.29, 1.82) is 0 Å². The van der Waals surface area contributed by atoms with Crippen molar-refractivity contribution < 1.29 is 13.9 Å². The van der Waals surface area contributed by atoms with Crippen molar-refractivity contribution in [2.45, 2.75) is 49.6 Å². The monoisotopic (exact) mass is 479 g/mol. The molecule has 1 N–H and O–H groups in total. The van der Waals surface area contributed by atoms with E-state index < -0.39 is 0 Å². The molecule has 2 aromatic rings. The van der Waals surface area contributed by atoms with Crippen LogP contribution in [0.15, 0.2) is 22.7 Å². The fraction of sp³-hybridized carbons (Fsp3) is 0.524. The maximum Gasteiger partial charge on any atom is 0.226 e. The van der Waals surface area contributed by atoms with Crippen LogP contribution in [0.5, 0.6) is 0 Å². The van der Waals surface area contributed by atoms with E-state index in [4.69, 9.17) is 17.0 Å². The lowest BCUT2D eigenvalue weighted by Gasteiger charge is -2.23. The number of nitrogens with one attached hydrogen (secondary N) is 1. The molecule has 1 amide bonds. The van der Waals surface area contributed by atoms with Crippen LogP contribution < -0.4 is 5.32 Å². The second-order valence-electron chi connectivity index (χ2n) is 8.43. The largest absolute Gasteiger partial charge is 0.381 e. The van der Waals surface area contributed by atoms with Crippen LogP contribution in [-0.2, 0) is 35.0 Å². The van der Waals surface area contributed by atoms with E-state index in [1.807, 2.05) is 17.7 Å². The minimum atomic E-state index is -0.239. The Bertz CT molecular complexity index is 1060. The molecule has 0 bridgehead atoms. The van der Waals surface area contributed by atoms with Crippen molar-refractivity contribution in [2.24, 2.45) is 7.05 Å². The van der Waals surface area contributed by atoms with Crippen molar-refractivity contribution >= 4 is 34.1 Å². The average molecular weight is 480 g/mol. The van der Waals surface area contributed by atoms with E-state index in [1.54, 1.807) is 6.07 Å². The van der Waals surface area contributed by atoms with Gasteiger partial charge in [-0.15, -0.1) is 0 Å². The number of benzene rings is 1. The molecule has 1 aromatic carbocycles. The van der Waals surface area contributed by atoms with Gasteiger partial charge in [0, 0.05) is 60.0 Å². The first-order valence-electron chi connectivity index (χ1n) is 10.0. The lowest BCUT2D eigenvalue weighted by molar-refractivity contribution is -0.121. The first-order valence-corrected chi connectivity index (χ1v) is 11.2. The Morgan fingerprint density at radius 3 is 2.93 bits per heavy atom. The van der Waals surface area contributed by atoms with E-state index in [-0.39, 0.29) is 29.1 Å². The third-order valence-corrected chi connectivity index (χ3v) is 7.72. The van der Waals surface area contributed by atoms with Gasteiger partial charge in [-0.3, -0.25) is 4.79 Å². The lowest BCUT2D eigenvalue weighted by Crippen LogP contribution is -2.39. The third kappa shape index (κ3) is 3.11. The van der Waals surface area contributed by atoms with E-state index in [1.165, 1.54) is 6.07 Å². The number of ether oxygens (including phenoxy) is 1. The Hall–Kier alpha value is -1.51. The van der Waals surface area contributed by atoms with Gasteiger partial charge in [0.1, 0.15) is 5.82 Å². The van der Waals surface area contributed by atoms with E-state index >= 15 is 0 Å². The molecule has 1 unspecified atom stereocenters. The van der Waals surface area contributed by atoms with Crippen LogP contribution >= 0.6 is 28.1 Å². The standard InChI is InChI=1S/C21H23BrFN3O2S/c1-25-17(9-18(27)24-13-4-6-28-7-5-13)19-15-10-21(15,11-26(19)20(25)29)14-8-12(22)2-3-16(14)23/h2-3,8,13,15H,4-7,9-11H2,1H3,(H,24,27)/t15?,21-/m1/s1. The maximum atomic E-state index is 14.6. The smallest absolute Gasteiger partial charge is 0.226 e. The highest BCUT2D eigenvalue weighted by Gasteiger charge is 2.63. The van der Waals surface area contributed by atoms with Gasteiger partial charge in [0.25, 0.3) is 0 Å². The Morgan fingerprint density at radius 1 is 1.41 bits per heavy atom. The van der Waals surface area contributed by atoms with Crippen molar-refractivity contribution in [3.63, 3.8) is 0 Å². The summed E-state index contributed by atoms with van der Waals surface area (Å²) in [5, 5.41) is 3.14. The minimum Gasteiger partial charge on any atom is -0.381 e. The van der Waals surface area contributed by atoms with Crippen LogP contribution in [0.1, 0.15) is 42.1 Å². The predicted molar refractivity (Wildman–Crippen MR) is 113 cm³/mol. The second-order valence-corrected chi connectivity index (χ2v) is 9.71. The highest BCUT2D eigenvalue weighted by atomic mass is 79.9. The molecule has 0 radical (unpaired) electrons. The number of carbonyl (C=O) groups excluding carboxylic acids is 1. The number of hydrogen-bond donors (Lipinski definition) is 1. The van der Waals surface area contributed by atoms with Crippen LogP contribution in [-0.4, -0.2) is 34.3 Å². The Labute approximate surface area is 182 Å². The molecule has 2 aliphatic heterocycles. The van der Waals surface area contributed by atoms with E-state index in [0.29, 0.717) is 31.0 Å². The zero-order chi connectivity index (χ0) is 20.3. The summed E-state index contributed by atoms with van der Waals surface area (Å²) in [4.78, 5) is 12.7. The number of imidazole rings is 1. The van der Waals surface area contributed by atoms with Crippen molar-refractivity contribution in [1.82, 2.24) is 14.5 Å². The molecule has 5 nitrogen and oxygen atoms in total. The summed E-state index contributed by atoms with van der Waals surface area (Å²) in [7, 11) is 1.93. The van der Waals surface area contributed by atoms with Gasteiger partial charge in [-0.25, -0.2) is 4.39 Å². The number of rotatable bonds is 4. The van der Waals surface area contributed by atoms with Gasteiger partial charge in [0.2, 0.25) is 5.91 Å². The van der Waals surface area contributed by atoms with Crippen LogP contribution in [0.4, 0.5) is 4.39 Å². The number of carbonyl (C=O) groups is 1. The highest BCUT2D eigenvalue weighted by molar-refractivity contribution is 9.10. The lowest BCUT2D eigenvalue weighted by atomic mass is 9.93. The normalized spacial score (nSPS) is 25.6. The molecule has 1 aliphatic carbocycles. The molecule has 2 atom stereocenters. The number of nitrogens with zero attached hydrogens (tertiary/aromatic N) is 2. The van der Waals surface area contributed by atoms with Gasteiger partial charge in [-0.05, 0) is 55.2 Å². The summed E-state index contributed by atoms with van der Waals surface area (Å²) in [6, 6.07) is 5.32. The number of amides is 1. The van der Waals surface area contributed by atoms with E-state index in [2.05, 4.69) is 25.8 Å². The molecule has 1 saturated carbocycles. The number of fused-ring (bicyclic) bond motifs is 3. The molecule has 8 heteroatoms. The van der Waals surface area contributed by atoms with E-state index in [0.717, 1.165) is 40.7 Å². The van der Waals surface area contributed by atoms with Crippen LogP contribution in [0.2, 0.25) is 0 Å². The number of halogens is 2. The van der Waals surface area contributed by atoms with Crippen LogP contribution in [0.25, 0.3) is 0 Å². The molecule has 154 valence electrons. The zero-order valence-corrected chi connectivity index (χ0v) is 18.6. The minimum absolute atomic E-state index is 0.0164. The van der Waals surface area contributed by atoms with Gasteiger partial charge in [-0.1, -0.05) is 15.9 Å². The molecule has 1 aromatic heterocycles. The molecular weight excluding hydrogens is 457 g/mol. The summed E-state index contributed by atoms with van der Waals surface area (Å²) >= 11 is 9.13. The van der Waals surface area contributed by atoms with Crippen molar-refractivity contribution in [2.75, 3.05) is 13.2 Å². The first kappa shape index (κ1) is 19.5. The Morgan fingerprint density at radius 2 is 2.17 bits per heavy atom. The summed E-state index contributed by atoms with van der Waals surface area (Å²) in [5.41, 5.74) is 2.57. The highest BCUT2D eigenvalue weighted by Crippen LogP contribution is 2.66. The fourth-order valence-corrected chi connectivity index (χ4v) is 5.77. The topological polar surface area (TPSA) is 48.2 Å². The quantitative estimate of drug-likeness (QED) is 0.679. The Balaban J connectivity index is 1.42. The zero-order valence-electron chi connectivity index (χ0n) is 16.2. The van der Waals surface area contributed by atoms with E-state index in [9.17, 15) is 9.18 Å². The summed E-state index contributed by atoms with van der Waals surface area (Å²) in [6.07, 6.45) is 2.90. The summed E-state index contributed by atoms with van der Waals surface area (Å²) in [6.45, 7) is 2.06. The molecule has 29 heavy (non-hydrogen) atoms. The van der Waals surface area contributed by atoms with Gasteiger partial charge in [0.15, 0.2) is 4.77 Å². The molecule has 2 fully saturated rings. The number of hydrogen-bond acceptors (Lipinski definition) is 3. The summed E-state index contributed by atoms with van der Waals surface area (Å²) in [5.74, 6) is 0.0540. The number of aromatic nitrogens is 2. The van der Waals surface area contributed by atoms with Gasteiger partial charge in [-0.2, -0.15) is 0 Å². The third-order valence-electron chi connectivity index (χ3n) is 6.73. The second kappa shape index (κ2) is 7.03. The van der Waals surface area contributed by atoms with Gasteiger partial charge < -0.3 is 19.2 Å². The SMILES string of the molecule is Cn1c(CC(=O)NC2CCOCC2)c2n(c1=S)C[C@@]1(c3cc(Br)ccc3F)CC21. The molecule has 3 heterocycles. The molecular formula is C21H23BrFN3O2S. The first-order chi connectivity index (χ1) is 13.9. The average Bonchev–Trinajstić information content (AvgIpc) is 3.26. The fourth-order valence-electron chi connectivity index (χ4n) is 5.13. The summed E-state index contributed by atoms with van der Waals surface area (Å²) < 4.78 is 25.7. The van der Waals surface area contributed by atoms with Crippen LogP contribution in [0, 0.1) is 10.6 Å². The van der Waals surface area contributed by atoms with Crippen molar-refractivity contribution in [3.8, 4) is 0 Å². The maximum absolute atomic E-state index is 14.6. The molecule has 5 rings (SSSR count). The van der Waals surface area contributed by atoms with Gasteiger partial charge in [0.05, 0.1) is 6.42 Å². The Kier molecular flexibility index (Phi) is 4.71. The molecule has 0 spiro atoms.